The van der Waals surface area contributed by atoms with E-state index in [1.165, 1.54) is 56.3 Å². The second-order valence-electron chi connectivity index (χ2n) is 5.23. The summed E-state index contributed by atoms with van der Waals surface area (Å²) in [6.45, 7) is 11.3. The fourth-order valence-electron chi connectivity index (χ4n) is 2.51. The van der Waals surface area contributed by atoms with Gasteiger partial charge in [0.2, 0.25) is 0 Å². The van der Waals surface area contributed by atoms with Gasteiger partial charge in [0, 0.05) is 12.8 Å². The van der Waals surface area contributed by atoms with E-state index in [0.29, 0.717) is 0 Å². The SMILES string of the molecule is CCCC[N+](CCCC)(CCCN)CCCN. The molecule has 3 nitrogen and oxygen atoms in total. The molecule has 0 rings (SSSR count). The first-order valence-electron chi connectivity index (χ1n) is 7.50. The van der Waals surface area contributed by atoms with Gasteiger partial charge in [0.1, 0.15) is 0 Å². The number of hydrogen-bond donors (Lipinski definition) is 2. The maximum absolute atomic E-state index is 5.69. The zero-order valence-corrected chi connectivity index (χ0v) is 12.1. The third-order valence-corrected chi connectivity index (χ3v) is 3.65. The first-order chi connectivity index (χ1) is 8.24. The van der Waals surface area contributed by atoms with E-state index in [1.807, 2.05) is 0 Å². The number of hydrogen-bond acceptors (Lipinski definition) is 2. The van der Waals surface area contributed by atoms with Crippen LogP contribution in [0.25, 0.3) is 0 Å². The Kier molecular flexibility index (Phi) is 10.9. The number of unbranched alkanes of at least 4 members (excludes halogenated alkanes) is 2. The topological polar surface area (TPSA) is 52.0 Å². The lowest BCUT2D eigenvalue weighted by atomic mass is 10.1. The van der Waals surface area contributed by atoms with Gasteiger partial charge in [0.15, 0.2) is 0 Å². The number of nitrogens with zero attached hydrogens (tertiary/aromatic N) is 1. The van der Waals surface area contributed by atoms with E-state index in [9.17, 15) is 0 Å². The quantitative estimate of drug-likeness (QED) is 0.517. The third-order valence-electron chi connectivity index (χ3n) is 3.65. The van der Waals surface area contributed by atoms with E-state index in [4.69, 9.17) is 11.5 Å². The zero-order valence-electron chi connectivity index (χ0n) is 12.1. The zero-order chi connectivity index (χ0) is 13.0. The monoisotopic (exact) mass is 244 g/mol. The molecule has 17 heavy (non-hydrogen) atoms. The van der Waals surface area contributed by atoms with Gasteiger partial charge in [-0.3, -0.25) is 0 Å². The minimum absolute atomic E-state index is 0.820. The van der Waals surface area contributed by atoms with Crippen LogP contribution in [0.15, 0.2) is 0 Å². The number of rotatable bonds is 12. The molecule has 0 aliphatic carbocycles. The highest BCUT2D eigenvalue weighted by Crippen LogP contribution is 2.14. The lowest BCUT2D eigenvalue weighted by Crippen LogP contribution is -2.51. The molecule has 104 valence electrons. The Labute approximate surface area is 108 Å². The first-order valence-corrected chi connectivity index (χ1v) is 7.50. The molecule has 0 spiro atoms. The van der Waals surface area contributed by atoms with E-state index in [0.717, 1.165) is 25.9 Å². The molecule has 0 heterocycles. The van der Waals surface area contributed by atoms with Gasteiger partial charge in [0.05, 0.1) is 26.2 Å². The second-order valence-corrected chi connectivity index (χ2v) is 5.23. The van der Waals surface area contributed by atoms with Gasteiger partial charge in [-0.25, -0.2) is 0 Å². The molecule has 0 atom stereocenters. The summed E-state index contributed by atoms with van der Waals surface area (Å²) in [5, 5.41) is 0. The minimum atomic E-state index is 0.820. The van der Waals surface area contributed by atoms with Crippen LogP contribution in [0.5, 0.6) is 0 Å². The van der Waals surface area contributed by atoms with E-state index in [1.54, 1.807) is 0 Å². The van der Waals surface area contributed by atoms with E-state index >= 15 is 0 Å². The second kappa shape index (κ2) is 11.0. The summed E-state index contributed by atoms with van der Waals surface area (Å²) in [5.74, 6) is 0. The molecule has 0 amide bonds. The molecule has 0 bridgehead atoms. The largest absolute Gasteiger partial charge is 0.330 e. The standard InChI is InChI=1S/C14H34N3/c1-3-5-11-17(12-6-4-2,13-7-9-15)14-8-10-16/h3-16H2,1-2H3/q+1. The molecule has 0 aromatic rings. The predicted molar refractivity (Wildman–Crippen MR) is 76.9 cm³/mol. The van der Waals surface area contributed by atoms with Crippen molar-refractivity contribution in [2.24, 2.45) is 11.5 Å². The summed E-state index contributed by atoms with van der Waals surface area (Å²) >= 11 is 0. The van der Waals surface area contributed by atoms with Crippen molar-refractivity contribution in [1.29, 1.82) is 0 Å². The van der Waals surface area contributed by atoms with Gasteiger partial charge in [-0.05, 0) is 25.9 Å². The molecule has 0 aliphatic rings. The summed E-state index contributed by atoms with van der Waals surface area (Å²) in [6.07, 6.45) is 7.54. The molecule has 0 aliphatic heterocycles. The van der Waals surface area contributed by atoms with Gasteiger partial charge in [-0.15, -0.1) is 0 Å². The van der Waals surface area contributed by atoms with Gasteiger partial charge in [-0.1, -0.05) is 26.7 Å². The number of nitrogens with two attached hydrogens (primary N) is 2. The maximum Gasteiger partial charge on any atom is 0.0798 e. The molecule has 0 aromatic heterocycles. The highest BCUT2D eigenvalue weighted by Gasteiger charge is 2.24. The third kappa shape index (κ3) is 7.74. The van der Waals surface area contributed by atoms with Crippen LogP contribution in [-0.2, 0) is 0 Å². The molecular formula is C14H34N3+. The molecule has 0 saturated heterocycles. The van der Waals surface area contributed by atoms with Gasteiger partial charge >= 0.3 is 0 Å². The van der Waals surface area contributed by atoms with Crippen molar-refractivity contribution in [2.45, 2.75) is 52.4 Å². The van der Waals surface area contributed by atoms with Gasteiger partial charge < -0.3 is 16.0 Å². The Balaban J connectivity index is 4.39. The van der Waals surface area contributed by atoms with Crippen LogP contribution < -0.4 is 11.5 Å². The minimum Gasteiger partial charge on any atom is -0.330 e. The van der Waals surface area contributed by atoms with Gasteiger partial charge in [-0.2, -0.15) is 0 Å². The van der Waals surface area contributed by atoms with Crippen LogP contribution in [0, 0.1) is 0 Å². The van der Waals surface area contributed by atoms with Crippen molar-refractivity contribution in [3.63, 3.8) is 0 Å². The van der Waals surface area contributed by atoms with Crippen LogP contribution in [0.3, 0.4) is 0 Å². The lowest BCUT2D eigenvalue weighted by Gasteiger charge is -2.39. The Hall–Kier alpha value is -0.120. The molecule has 0 fully saturated rings. The molecule has 4 N–H and O–H groups in total. The fourth-order valence-corrected chi connectivity index (χ4v) is 2.51. The Morgan fingerprint density at radius 1 is 0.647 bits per heavy atom. The molecule has 3 heteroatoms. The predicted octanol–water partition coefficient (Wildman–Crippen LogP) is 2.10. The Morgan fingerprint density at radius 3 is 1.29 bits per heavy atom. The summed E-state index contributed by atoms with van der Waals surface area (Å²) < 4.78 is 1.26. The highest BCUT2D eigenvalue weighted by atomic mass is 15.3. The van der Waals surface area contributed by atoms with Crippen LogP contribution in [0.4, 0.5) is 0 Å². The summed E-state index contributed by atoms with van der Waals surface area (Å²) in [7, 11) is 0. The van der Waals surface area contributed by atoms with Crippen molar-refractivity contribution in [3.8, 4) is 0 Å². The van der Waals surface area contributed by atoms with E-state index in [-0.39, 0.29) is 0 Å². The normalized spacial score (nSPS) is 12.0. The van der Waals surface area contributed by atoms with E-state index < -0.39 is 0 Å². The smallest absolute Gasteiger partial charge is 0.0798 e. The molecule has 0 aromatic carbocycles. The van der Waals surface area contributed by atoms with E-state index in [2.05, 4.69) is 13.8 Å². The summed E-state index contributed by atoms with van der Waals surface area (Å²) in [4.78, 5) is 0. The van der Waals surface area contributed by atoms with Crippen molar-refractivity contribution >= 4 is 0 Å². The van der Waals surface area contributed by atoms with Crippen molar-refractivity contribution in [2.75, 3.05) is 39.3 Å². The Bertz CT molecular complexity index is 122. The molecule has 0 saturated carbocycles. The van der Waals surface area contributed by atoms with Gasteiger partial charge in [0.25, 0.3) is 0 Å². The van der Waals surface area contributed by atoms with Crippen molar-refractivity contribution in [3.05, 3.63) is 0 Å². The summed E-state index contributed by atoms with van der Waals surface area (Å²) in [5.41, 5.74) is 11.4. The Morgan fingerprint density at radius 2 is 1.00 bits per heavy atom. The molecule has 0 radical (unpaired) electrons. The first kappa shape index (κ1) is 16.9. The van der Waals surface area contributed by atoms with Crippen molar-refractivity contribution < 1.29 is 4.48 Å². The average Bonchev–Trinajstić information content (AvgIpc) is 2.37. The molecule has 0 unspecified atom stereocenters. The fraction of sp³-hybridized carbons (Fsp3) is 1.00. The van der Waals surface area contributed by atoms with Crippen LogP contribution in [0.1, 0.15) is 52.4 Å². The highest BCUT2D eigenvalue weighted by molar-refractivity contribution is 4.50. The molecular weight excluding hydrogens is 210 g/mol. The van der Waals surface area contributed by atoms with Crippen LogP contribution in [-0.4, -0.2) is 43.8 Å². The number of quaternary nitrogens is 1. The van der Waals surface area contributed by atoms with Crippen LogP contribution in [0.2, 0.25) is 0 Å². The van der Waals surface area contributed by atoms with Crippen molar-refractivity contribution in [1.82, 2.24) is 0 Å². The maximum atomic E-state index is 5.69. The average molecular weight is 244 g/mol. The van der Waals surface area contributed by atoms with Crippen LogP contribution >= 0.6 is 0 Å². The summed E-state index contributed by atoms with van der Waals surface area (Å²) in [6, 6.07) is 0. The lowest BCUT2D eigenvalue weighted by molar-refractivity contribution is -0.928.